The third-order valence-electron chi connectivity index (χ3n) is 2.20. The Hall–Kier alpha value is -1.02. The molecule has 2 aromatic rings. The number of nitrogens with zero attached hydrogens (tertiary/aromatic N) is 2. The van der Waals surface area contributed by atoms with Crippen molar-refractivity contribution in [2.75, 3.05) is 0 Å². The molecule has 0 N–H and O–H groups in total. The van der Waals surface area contributed by atoms with Crippen LogP contribution in [0.1, 0.15) is 12.6 Å². The summed E-state index contributed by atoms with van der Waals surface area (Å²) in [6.07, 6.45) is 0. The van der Waals surface area contributed by atoms with Crippen LogP contribution in [-0.4, -0.2) is 9.78 Å². The van der Waals surface area contributed by atoms with E-state index in [2.05, 4.69) is 12.0 Å². The van der Waals surface area contributed by atoms with Crippen molar-refractivity contribution >= 4 is 22.5 Å². The first kappa shape index (κ1) is 8.57. The van der Waals surface area contributed by atoms with E-state index >= 15 is 0 Å². The van der Waals surface area contributed by atoms with Crippen molar-refractivity contribution in [1.82, 2.24) is 9.78 Å². The summed E-state index contributed by atoms with van der Waals surface area (Å²) < 4.78 is 1.99. The molecule has 0 unspecified atom stereocenters. The molecule has 0 spiro atoms. The maximum atomic E-state index is 5.91. The highest BCUT2D eigenvalue weighted by Crippen LogP contribution is 2.21. The minimum Gasteiger partial charge on any atom is -0.265 e. The fraction of sp³-hybridized carbons (Fsp3) is 0.300. The van der Waals surface area contributed by atoms with Crippen molar-refractivity contribution in [2.24, 2.45) is 0 Å². The Morgan fingerprint density at radius 1 is 1.46 bits per heavy atom. The monoisotopic (exact) mass is 194 g/mol. The van der Waals surface area contributed by atoms with Gasteiger partial charge in [0.05, 0.1) is 11.2 Å². The number of fused-ring (bicyclic) bond motifs is 1. The van der Waals surface area contributed by atoms with Crippen molar-refractivity contribution in [3.8, 4) is 0 Å². The van der Waals surface area contributed by atoms with E-state index in [0.717, 1.165) is 28.2 Å². The van der Waals surface area contributed by atoms with Gasteiger partial charge in [-0.05, 0) is 32.0 Å². The largest absolute Gasteiger partial charge is 0.265 e. The van der Waals surface area contributed by atoms with Crippen LogP contribution in [0.5, 0.6) is 0 Å². The summed E-state index contributed by atoms with van der Waals surface area (Å²) in [6.45, 7) is 4.98. The van der Waals surface area contributed by atoms with Crippen molar-refractivity contribution in [3.05, 3.63) is 28.9 Å². The van der Waals surface area contributed by atoms with Gasteiger partial charge in [0.1, 0.15) is 0 Å². The van der Waals surface area contributed by atoms with Crippen LogP contribution >= 0.6 is 11.6 Å². The van der Waals surface area contributed by atoms with Crippen LogP contribution < -0.4 is 0 Å². The van der Waals surface area contributed by atoms with Crippen LogP contribution in [0.4, 0.5) is 0 Å². The first-order valence-corrected chi connectivity index (χ1v) is 4.73. The SMILES string of the molecule is CCn1nc(C)c2cc(Cl)ccc21. The minimum atomic E-state index is 0.770. The molecule has 0 fully saturated rings. The lowest BCUT2D eigenvalue weighted by Gasteiger charge is -1.97. The molecule has 0 atom stereocenters. The second-order valence-corrected chi connectivity index (χ2v) is 3.50. The molecule has 0 saturated carbocycles. The minimum absolute atomic E-state index is 0.770. The molecule has 0 aliphatic carbocycles. The molecule has 3 heteroatoms. The zero-order valence-corrected chi connectivity index (χ0v) is 8.47. The maximum Gasteiger partial charge on any atom is 0.0686 e. The number of hydrogen-bond donors (Lipinski definition) is 0. The third kappa shape index (κ3) is 1.31. The van der Waals surface area contributed by atoms with Crippen LogP contribution in [0.25, 0.3) is 10.9 Å². The fourth-order valence-electron chi connectivity index (χ4n) is 1.55. The Bertz CT molecular complexity index is 445. The van der Waals surface area contributed by atoms with E-state index in [9.17, 15) is 0 Å². The summed E-state index contributed by atoms with van der Waals surface area (Å²) in [4.78, 5) is 0. The van der Waals surface area contributed by atoms with E-state index in [1.165, 1.54) is 0 Å². The highest BCUT2D eigenvalue weighted by atomic mass is 35.5. The van der Waals surface area contributed by atoms with Crippen molar-refractivity contribution < 1.29 is 0 Å². The van der Waals surface area contributed by atoms with Crippen molar-refractivity contribution in [2.45, 2.75) is 20.4 Å². The van der Waals surface area contributed by atoms with E-state index in [4.69, 9.17) is 11.6 Å². The lowest BCUT2D eigenvalue weighted by atomic mass is 10.2. The van der Waals surface area contributed by atoms with Crippen molar-refractivity contribution in [3.63, 3.8) is 0 Å². The van der Waals surface area contributed by atoms with Gasteiger partial charge in [-0.2, -0.15) is 5.10 Å². The average Bonchev–Trinajstić information content (AvgIpc) is 2.43. The van der Waals surface area contributed by atoms with E-state index in [1.807, 2.05) is 29.8 Å². The predicted molar refractivity (Wildman–Crippen MR) is 55.2 cm³/mol. The molecule has 0 saturated heterocycles. The van der Waals surface area contributed by atoms with E-state index < -0.39 is 0 Å². The van der Waals surface area contributed by atoms with Gasteiger partial charge in [0.2, 0.25) is 0 Å². The zero-order chi connectivity index (χ0) is 9.42. The molecule has 1 aromatic heterocycles. The van der Waals surface area contributed by atoms with Gasteiger partial charge in [0, 0.05) is 17.0 Å². The average molecular weight is 195 g/mol. The smallest absolute Gasteiger partial charge is 0.0686 e. The van der Waals surface area contributed by atoms with Gasteiger partial charge < -0.3 is 0 Å². The van der Waals surface area contributed by atoms with E-state index in [-0.39, 0.29) is 0 Å². The first-order chi connectivity index (χ1) is 6.22. The van der Waals surface area contributed by atoms with Gasteiger partial charge in [-0.25, -0.2) is 0 Å². The molecule has 0 amide bonds. The third-order valence-corrected chi connectivity index (χ3v) is 2.43. The summed E-state index contributed by atoms with van der Waals surface area (Å²) in [7, 11) is 0. The Kier molecular flexibility index (Phi) is 2.00. The Morgan fingerprint density at radius 3 is 2.92 bits per heavy atom. The molecular weight excluding hydrogens is 184 g/mol. The summed E-state index contributed by atoms with van der Waals surface area (Å²) in [5.41, 5.74) is 2.20. The van der Waals surface area contributed by atoms with Gasteiger partial charge in [-0.15, -0.1) is 0 Å². The molecule has 0 radical (unpaired) electrons. The molecule has 0 aliphatic rings. The number of benzene rings is 1. The van der Waals surface area contributed by atoms with Gasteiger partial charge in [0.15, 0.2) is 0 Å². The summed E-state index contributed by atoms with van der Waals surface area (Å²) in [5, 5.41) is 6.32. The first-order valence-electron chi connectivity index (χ1n) is 4.35. The normalized spacial score (nSPS) is 11.0. The number of rotatable bonds is 1. The van der Waals surface area contributed by atoms with Crippen LogP contribution in [-0.2, 0) is 6.54 Å². The standard InChI is InChI=1S/C10H11ClN2/c1-3-13-10-5-4-8(11)6-9(10)7(2)12-13/h4-6H,3H2,1-2H3. The van der Waals surface area contributed by atoms with E-state index in [1.54, 1.807) is 0 Å². The second kappa shape index (κ2) is 3.04. The molecule has 1 aromatic carbocycles. The molecule has 0 aliphatic heterocycles. The molecule has 68 valence electrons. The van der Waals surface area contributed by atoms with Gasteiger partial charge in [0.25, 0.3) is 0 Å². The highest BCUT2D eigenvalue weighted by molar-refractivity contribution is 6.31. The Labute approximate surface area is 82.1 Å². The van der Waals surface area contributed by atoms with Crippen LogP contribution in [0.2, 0.25) is 5.02 Å². The molecule has 2 nitrogen and oxygen atoms in total. The number of aromatic nitrogens is 2. The molecular formula is C10H11ClN2. The topological polar surface area (TPSA) is 17.8 Å². The lowest BCUT2D eigenvalue weighted by Crippen LogP contribution is -1.95. The molecule has 0 bridgehead atoms. The van der Waals surface area contributed by atoms with Gasteiger partial charge in [-0.3, -0.25) is 4.68 Å². The second-order valence-electron chi connectivity index (χ2n) is 3.06. The fourth-order valence-corrected chi connectivity index (χ4v) is 1.73. The van der Waals surface area contributed by atoms with Crippen molar-refractivity contribution in [1.29, 1.82) is 0 Å². The molecule has 13 heavy (non-hydrogen) atoms. The Balaban J connectivity index is 2.80. The summed E-state index contributed by atoms with van der Waals surface area (Å²) in [6, 6.07) is 5.88. The number of aryl methyl sites for hydroxylation is 2. The highest BCUT2D eigenvalue weighted by Gasteiger charge is 2.05. The van der Waals surface area contributed by atoms with Crippen LogP contribution in [0.3, 0.4) is 0 Å². The van der Waals surface area contributed by atoms with Crippen LogP contribution in [0, 0.1) is 6.92 Å². The quantitative estimate of drug-likeness (QED) is 0.683. The number of halogens is 1. The van der Waals surface area contributed by atoms with Gasteiger partial charge >= 0.3 is 0 Å². The zero-order valence-electron chi connectivity index (χ0n) is 7.71. The molecule has 1 heterocycles. The van der Waals surface area contributed by atoms with Crippen LogP contribution in [0.15, 0.2) is 18.2 Å². The Morgan fingerprint density at radius 2 is 2.23 bits per heavy atom. The summed E-state index contributed by atoms with van der Waals surface area (Å²) in [5.74, 6) is 0. The lowest BCUT2D eigenvalue weighted by molar-refractivity contribution is 0.676. The predicted octanol–water partition coefficient (Wildman–Crippen LogP) is 3.02. The van der Waals surface area contributed by atoms with Gasteiger partial charge in [-0.1, -0.05) is 11.6 Å². The summed E-state index contributed by atoms with van der Waals surface area (Å²) >= 11 is 5.91. The number of hydrogen-bond acceptors (Lipinski definition) is 1. The maximum absolute atomic E-state index is 5.91. The molecule has 2 rings (SSSR count). The van der Waals surface area contributed by atoms with E-state index in [0.29, 0.717) is 0 Å².